The van der Waals surface area contributed by atoms with Gasteiger partial charge in [0.1, 0.15) is 0 Å². The van der Waals surface area contributed by atoms with Gasteiger partial charge in [-0.3, -0.25) is 4.79 Å². The predicted molar refractivity (Wildman–Crippen MR) is 93.3 cm³/mol. The number of amides is 1. The first-order valence-electron chi connectivity index (χ1n) is 8.85. The van der Waals surface area contributed by atoms with Crippen molar-refractivity contribution in [3.05, 3.63) is 35.4 Å². The lowest BCUT2D eigenvalue weighted by Crippen LogP contribution is -2.42. The van der Waals surface area contributed by atoms with Crippen molar-refractivity contribution in [2.24, 2.45) is 0 Å². The zero-order valence-corrected chi connectivity index (χ0v) is 14.7. The van der Waals surface area contributed by atoms with Crippen molar-refractivity contribution in [1.82, 2.24) is 4.90 Å². The van der Waals surface area contributed by atoms with Crippen LogP contribution in [0.25, 0.3) is 0 Å². The van der Waals surface area contributed by atoms with Crippen LogP contribution in [0.4, 0.5) is 0 Å². The van der Waals surface area contributed by atoms with Gasteiger partial charge in [-0.05, 0) is 42.4 Å². The Morgan fingerprint density at radius 1 is 1.09 bits per heavy atom. The van der Waals surface area contributed by atoms with Crippen LogP contribution < -0.4 is 0 Å². The molecule has 0 aromatic heterocycles. The Morgan fingerprint density at radius 3 is 2.18 bits per heavy atom. The fourth-order valence-corrected chi connectivity index (χ4v) is 3.36. The summed E-state index contributed by atoms with van der Waals surface area (Å²) >= 11 is 0. The van der Waals surface area contributed by atoms with Crippen molar-refractivity contribution in [3.63, 3.8) is 0 Å². The van der Waals surface area contributed by atoms with E-state index < -0.39 is 0 Å². The van der Waals surface area contributed by atoms with Crippen LogP contribution in [0, 0.1) is 0 Å². The Labute approximate surface area is 135 Å². The summed E-state index contributed by atoms with van der Waals surface area (Å²) in [6, 6.07) is 8.68. The SMILES string of the molecule is CCCN(C(=O)c1ccc(C(C)(C)C)cc1)C1CCCCC1. The van der Waals surface area contributed by atoms with E-state index in [0.717, 1.165) is 18.5 Å². The van der Waals surface area contributed by atoms with E-state index in [-0.39, 0.29) is 11.3 Å². The predicted octanol–water partition coefficient (Wildman–Crippen LogP) is 5.17. The largest absolute Gasteiger partial charge is 0.336 e. The van der Waals surface area contributed by atoms with Crippen molar-refractivity contribution in [2.45, 2.75) is 77.7 Å². The van der Waals surface area contributed by atoms with Gasteiger partial charge >= 0.3 is 0 Å². The molecule has 0 radical (unpaired) electrons. The molecule has 2 nitrogen and oxygen atoms in total. The maximum atomic E-state index is 12.9. The van der Waals surface area contributed by atoms with E-state index in [0.29, 0.717) is 6.04 Å². The standard InChI is InChI=1S/C20H31NO/c1-5-15-21(18-9-7-6-8-10-18)19(22)16-11-13-17(14-12-16)20(2,3)4/h11-14,18H,5-10,15H2,1-4H3. The monoisotopic (exact) mass is 301 g/mol. The fraction of sp³-hybridized carbons (Fsp3) is 0.650. The summed E-state index contributed by atoms with van der Waals surface area (Å²) in [5.74, 6) is 0.217. The molecule has 0 atom stereocenters. The van der Waals surface area contributed by atoms with Crippen LogP contribution in [-0.2, 0) is 5.41 Å². The molecule has 0 bridgehead atoms. The number of carbonyl (C=O) groups is 1. The molecule has 22 heavy (non-hydrogen) atoms. The molecule has 1 aromatic rings. The highest BCUT2D eigenvalue weighted by Gasteiger charge is 2.25. The molecule has 1 aliphatic carbocycles. The second-order valence-corrected chi connectivity index (χ2v) is 7.62. The van der Waals surface area contributed by atoms with Crippen LogP contribution in [0.15, 0.2) is 24.3 Å². The van der Waals surface area contributed by atoms with Crippen LogP contribution in [0.5, 0.6) is 0 Å². The topological polar surface area (TPSA) is 20.3 Å². The van der Waals surface area contributed by atoms with Gasteiger partial charge in [0.05, 0.1) is 0 Å². The van der Waals surface area contributed by atoms with Gasteiger partial charge in [-0.2, -0.15) is 0 Å². The molecule has 2 heteroatoms. The molecule has 0 spiro atoms. The molecule has 122 valence electrons. The van der Waals surface area contributed by atoms with Crippen LogP contribution in [-0.4, -0.2) is 23.4 Å². The second-order valence-electron chi connectivity index (χ2n) is 7.62. The van der Waals surface area contributed by atoms with Crippen molar-refractivity contribution in [1.29, 1.82) is 0 Å². The quantitative estimate of drug-likeness (QED) is 0.751. The molecule has 0 N–H and O–H groups in total. The van der Waals surface area contributed by atoms with E-state index in [1.54, 1.807) is 0 Å². The Hall–Kier alpha value is -1.31. The first-order chi connectivity index (χ1) is 10.4. The molecular formula is C20H31NO. The Morgan fingerprint density at radius 2 is 1.68 bits per heavy atom. The number of hydrogen-bond acceptors (Lipinski definition) is 1. The maximum Gasteiger partial charge on any atom is 0.254 e. The summed E-state index contributed by atoms with van der Waals surface area (Å²) < 4.78 is 0. The smallest absolute Gasteiger partial charge is 0.254 e. The van der Waals surface area contributed by atoms with E-state index in [9.17, 15) is 4.79 Å². The van der Waals surface area contributed by atoms with E-state index in [1.165, 1.54) is 37.7 Å². The first-order valence-corrected chi connectivity index (χ1v) is 8.85. The minimum Gasteiger partial charge on any atom is -0.336 e. The summed E-state index contributed by atoms with van der Waals surface area (Å²) in [5, 5.41) is 0. The molecule has 1 amide bonds. The zero-order valence-electron chi connectivity index (χ0n) is 14.7. The molecule has 1 fully saturated rings. The Kier molecular flexibility index (Phi) is 5.66. The van der Waals surface area contributed by atoms with Gasteiger partial charge in [0.15, 0.2) is 0 Å². The Balaban J connectivity index is 2.15. The van der Waals surface area contributed by atoms with Crippen LogP contribution in [0.2, 0.25) is 0 Å². The number of hydrogen-bond donors (Lipinski definition) is 0. The summed E-state index contributed by atoms with van der Waals surface area (Å²) in [6.45, 7) is 9.65. The highest BCUT2D eigenvalue weighted by Crippen LogP contribution is 2.26. The molecule has 0 unspecified atom stereocenters. The number of rotatable bonds is 4. The average molecular weight is 301 g/mol. The first kappa shape index (κ1) is 17.1. The minimum absolute atomic E-state index is 0.133. The summed E-state index contributed by atoms with van der Waals surface area (Å²) in [5.41, 5.74) is 2.25. The molecule has 2 rings (SSSR count). The van der Waals surface area contributed by atoms with Gasteiger partial charge in [-0.1, -0.05) is 59.1 Å². The minimum atomic E-state index is 0.133. The lowest BCUT2D eigenvalue weighted by Gasteiger charge is -2.34. The third-order valence-electron chi connectivity index (χ3n) is 4.74. The average Bonchev–Trinajstić information content (AvgIpc) is 2.52. The maximum absolute atomic E-state index is 12.9. The van der Waals surface area contributed by atoms with Crippen molar-refractivity contribution in [3.8, 4) is 0 Å². The normalized spacial score (nSPS) is 16.5. The Bertz CT molecular complexity index is 477. The van der Waals surface area contributed by atoms with Crippen LogP contribution in [0.1, 0.15) is 82.1 Å². The third kappa shape index (κ3) is 4.12. The number of nitrogens with zero attached hydrogens (tertiary/aromatic N) is 1. The molecule has 1 aliphatic rings. The summed E-state index contributed by atoms with van der Waals surface area (Å²) in [6.07, 6.45) is 7.23. The van der Waals surface area contributed by atoms with Gasteiger partial charge in [0, 0.05) is 18.2 Å². The molecule has 0 saturated heterocycles. The van der Waals surface area contributed by atoms with E-state index in [4.69, 9.17) is 0 Å². The fourth-order valence-electron chi connectivity index (χ4n) is 3.36. The van der Waals surface area contributed by atoms with Gasteiger partial charge in [-0.15, -0.1) is 0 Å². The molecule has 0 aliphatic heterocycles. The zero-order chi connectivity index (χ0) is 16.2. The highest BCUT2D eigenvalue weighted by atomic mass is 16.2. The van der Waals surface area contributed by atoms with E-state index >= 15 is 0 Å². The van der Waals surface area contributed by atoms with Crippen molar-refractivity contribution >= 4 is 5.91 Å². The number of carbonyl (C=O) groups excluding carboxylic acids is 1. The van der Waals surface area contributed by atoms with Crippen molar-refractivity contribution in [2.75, 3.05) is 6.54 Å². The van der Waals surface area contributed by atoms with Crippen LogP contribution >= 0.6 is 0 Å². The lowest BCUT2D eigenvalue weighted by molar-refractivity contribution is 0.0634. The third-order valence-corrected chi connectivity index (χ3v) is 4.74. The van der Waals surface area contributed by atoms with E-state index in [2.05, 4.69) is 44.7 Å². The number of benzene rings is 1. The van der Waals surface area contributed by atoms with Gasteiger partial charge in [0.25, 0.3) is 5.91 Å². The molecule has 0 heterocycles. The highest BCUT2D eigenvalue weighted by molar-refractivity contribution is 5.94. The van der Waals surface area contributed by atoms with Crippen LogP contribution in [0.3, 0.4) is 0 Å². The molecular weight excluding hydrogens is 270 g/mol. The van der Waals surface area contributed by atoms with Gasteiger partial charge < -0.3 is 4.90 Å². The summed E-state index contributed by atoms with van der Waals surface area (Å²) in [7, 11) is 0. The second kappa shape index (κ2) is 7.30. The summed E-state index contributed by atoms with van der Waals surface area (Å²) in [4.78, 5) is 15.1. The van der Waals surface area contributed by atoms with Gasteiger partial charge in [0.2, 0.25) is 0 Å². The lowest BCUT2D eigenvalue weighted by atomic mass is 9.86. The van der Waals surface area contributed by atoms with Gasteiger partial charge in [-0.25, -0.2) is 0 Å². The van der Waals surface area contributed by atoms with E-state index in [1.807, 2.05) is 12.1 Å². The molecule has 1 saturated carbocycles. The van der Waals surface area contributed by atoms with Crippen molar-refractivity contribution < 1.29 is 4.79 Å². The molecule has 1 aromatic carbocycles.